The third-order valence-electron chi connectivity index (χ3n) is 1.62. The summed E-state index contributed by atoms with van der Waals surface area (Å²) in [6.07, 6.45) is 1.70. The Hall–Kier alpha value is -1.46. The lowest BCUT2D eigenvalue weighted by molar-refractivity contribution is 0.917. The van der Waals surface area contributed by atoms with E-state index in [2.05, 4.69) is 20.2 Å². The summed E-state index contributed by atoms with van der Waals surface area (Å²) in [6, 6.07) is 5.59. The Morgan fingerprint density at radius 1 is 1.36 bits per heavy atom. The van der Waals surface area contributed by atoms with E-state index in [4.69, 9.17) is 5.73 Å². The van der Waals surface area contributed by atoms with Crippen LogP contribution in [0, 0.1) is 0 Å². The highest BCUT2D eigenvalue weighted by molar-refractivity contribution is 5.85. The summed E-state index contributed by atoms with van der Waals surface area (Å²) >= 11 is 0. The number of aromatic nitrogens is 4. The van der Waals surface area contributed by atoms with Gasteiger partial charge in [0.1, 0.15) is 11.5 Å². The molecule has 6 heteroatoms. The van der Waals surface area contributed by atoms with Crippen LogP contribution in [0.4, 0.5) is 0 Å². The fourth-order valence-corrected chi connectivity index (χ4v) is 0.996. The third kappa shape index (κ3) is 2.07. The fourth-order valence-electron chi connectivity index (χ4n) is 0.996. The van der Waals surface area contributed by atoms with Crippen molar-refractivity contribution in [1.82, 2.24) is 20.2 Å². The molecule has 0 atom stereocenters. The first-order valence-corrected chi connectivity index (χ1v) is 3.93. The average Bonchev–Trinajstić information content (AvgIpc) is 2.67. The topological polar surface area (TPSA) is 80.5 Å². The predicted molar refractivity (Wildman–Crippen MR) is 54.8 cm³/mol. The van der Waals surface area contributed by atoms with E-state index in [1.54, 1.807) is 6.20 Å². The minimum atomic E-state index is 0. The minimum absolute atomic E-state index is 0. The number of rotatable bonds is 2. The molecule has 5 nitrogen and oxygen atoms in total. The lowest BCUT2D eigenvalue weighted by atomic mass is 10.3. The largest absolute Gasteiger partial charge is 0.324 e. The standard InChI is InChI=1S/C8H9N5.ClH/c9-5-7-11-8(13-12-7)6-3-1-2-4-10-6;/h1-4H,5,9H2,(H,11,12,13);1H. The van der Waals surface area contributed by atoms with Crippen molar-refractivity contribution in [3.05, 3.63) is 30.2 Å². The Labute approximate surface area is 87.2 Å². The molecule has 0 aliphatic carbocycles. The third-order valence-corrected chi connectivity index (χ3v) is 1.62. The van der Waals surface area contributed by atoms with Crippen molar-refractivity contribution >= 4 is 12.4 Å². The average molecular weight is 212 g/mol. The molecule has 0 aliphatic rings. The summed E-state index contributed by atoms with van der Waals surface area (Å²) in [7, 11) is 0. The predicted octanol–water partition coefficient (Wildman–Crippen LogP) is 0.747. The molecule has 2 aromatic heterocycles. The molecule has 2 heterocycles. The van der Waals surface area contributed by atoms with E-state index >= 15 is 0 Å². The van der Waals surface area contributed by atoms with Gasteiger partial charge in [0.25, 0.3) is 0 Å². The van der Waals surface area contributed by atoms with Crippen molar-refractivity contribution in [3.63, 3.8) is 0 Å². The van der Waals surface area contributed by atoms with Crippen molar-refractivity contribution in [3.8, 4) is 11.5 Å². The van der Waals surface area contributed by atoms with E-state index in [1.807, 2.05) is 18.2 Å². The molecule has 0 spiro atoms. The molecule has 0 aromatic carbocycles. The normalized spacial score (nSPS) is 9.50. The Bertz CT molecular complexity index is 386. The molecule has 0 saturated heterocycles. The summed E-state index contributed by atoms with van der Waals surface area (Å²) in [6.45, 7) is 0.361. The lowest BCUT2D eigenvalue weighted by Crippen LogP contribution is -1.97. The molecular weight excluding hydrogens is 202 g/mol. The second-order valence-electron chi connectivity index (χ2n) is 2.52. The summed E-state index contributed by atoms with van der Waals surface area (Å²) < 4.78 is 0. The summed E-state index contributed by atoms with van der Waals surface area (Å²) in [4.78, 5) is 8.26. The molecule has 2 rings (SSSR count). The molecule has 3 N–H and O–H groups in total. The quantitative estimate of drug-likeness (QED) is 0.768. The van der Waals surface area contributed by atoms with Crippen LogP contribution in [0.5, 0.6) is 0 Å². The maximum Gasteiger partial charge on any atom is 0.199 e. The molecule has 14 heavy (non-hydrogen) atoms. The van der Waals surface area contributed by atoms with Crippen LogP contribution in [-0.4, -0.2) is 20.2 Å². The number of H-pyrrole nitrogens is 1. The van der Waals surface area contributed by atoms with Crippen LogP contribution in [0.15, 0.2) is 24.4 Å². The Balaban J connectivity index is 0.000000980. The van der Waals surface area contributed by atoms with Crippen molar-refractivity contribution in [2.75, 3.05) is 0 Å². The van der Waals surface area contributed by atoms with Gasteiger partial charge in [0, 0.05) is 6.20 Å². The number of halogens is 1. The van der Waals surface area contributed by atoms with Gasteiger partial charge in [-0.15, -0.1) is 12.4 Å². The number of pyridine rings is 1. The van der Waals surface area contributed by atoms with Gasteiger partial charge in [-0.25, -0.2) is 4.98 Å². The zero-order valence-corrected chi connectivity index (χ0v) is 8.16. The van der Waals surface area contributed by atoms with E-state index in [0.29, 0.717) is 18.2 Å². The van der Waals surface area contributed by atoms with Gasteiger partial charge in [-0.3, -0.25) is 10.1 Å². The van der Waals surface area contributed by atoms with Crippen LogP contribution in [0.1, 0.15) is 5.82 Å². The lowest BCUT2D eigenvalue weighted by Gasteiger charge is -1.90. The highest BCUT2D eigenvalue weighted by Gasteiger charge is 2.04. The molecule has 0 amide bonds. The number of nitrogens with one attached hydrogen (secondary N) is 1. The van der Waals surface area contributed by atoms with Crippen molar-refractivity contribution < 1.29 is 0 Å². The van der Waals surface area contributed by atoms with Crippen LogP contribution < -0.4 is 5.73 Å². The van der Waals surface area contributed by atoms with Crippen LogP contribution in [0.25, 0.3) is 11.5 Å². The molecular formula is C8H10ClN5. The number of nitrogens with two attached hydrogens (primary N) is 1. The second-order valence-corrected chi connectivity index (χ2v) is 2.52. The molecule has 2 aromatic rings. The second kappa shape index (κ2) is 4.69. The molecule has 0 aliphatic heterocycles. The maximum atomic E-state index is 5.39. The monoisotopic (exact) mass is 211 g/mol. The summed E-state index contributed by atoms with van der Waals surface area (Å²) in [5.74, 6) is 1.25. The van der Waals surface area contributed by atoms with Crippen LogP contribution >= 0.6 is 12.4 Å². The number of nitrogens with zero attached hydrogens (tertiary/aromatic N) is 3. The van der Waals surface area contributed by atoms with Gasteiger partial charge in [-0.05, 0) is 12.1 Å². The van der Waals surface area contributed by atoms with Gasteiger partial charge in [-0.1, -0.05) is 6.07 Å². The number of hydrogen-bond donors (Lipinski definition) is 2. The Morgan fingerprint density at radius 2 is 2.21 bits per heavy atom. The molecule has 0 unspecified atom stereocenters. The van der Waals surface area contributed by atoms with Gasteiger partial charge in [-0.2, -0.15) is 5.10 Å². The number of aromatic amines is 1. The SMILES string of the molecule is Cl.NCc1nc(-c2ccccn2)n[nH]1. The van der Waals surface area contributed by atoms with E-state index in [0.717, 1.165) is 5.69 Å². The van der Waals surface area contributed by atoms with Crippen LogP contribution in [-0.2, 0) is 6.54 Å². The summed E-state index contributed by atoms with van der Waals surface area (Å²) in [5.41, 5.74) is 6.14. The van der Waals surface area contributed by atoms with Gasteiger partial charge >= 0.3 is 0 Å². The first-order chi connectivity index (χ1) is 6.40. The van der Waals surface area contributed by atoms with E-state index < -0.39 is 0 Å². The van der Waals surface area contributed by atoms with Crippen molar-refractivity contribution in [2.24, 2.45) is 5.73 Å². The van der Waals surface area contributed by atoms with Gasteiger partial charge in [0.2, 0.25) is 0 Å². The Kier molecular flexibility index (Phi) is 3.55. The first-order valence-electron chi connectivity index (χ1n) is 3.93. The molecule has 74 valence electrons. The zero-order valence-electron chi connectivity index (χ0n) is 7.34. The van der Waals surface area contributed by atoms with Crippen molar-refractivity contribution in [2.45, 2.75) is 6.54 Å². The van der Waals surface area contributed by atoms with Crippen LogP contribution in [0.2, 0.25) is 0 Å². The smallest absolute Gasteiger partial charge is 0.199 e. The summed E-state index contributed by atoms with van der Waals surface area (Å²) in [5, 5.41) is 6.71. The molecule has 0 bridgehead atoms. The fraction of sp³-hybridized carbons (Fsp3) is 0.125. The zero-order chi connectivity index (χ0) is 9.10. The van der Waals surface area contributed by atoms with E-state index in [-0.39, 0.29) is 12.4 Å². The van der Waals surface area contributed by atoms with E-state index in [9.17, 15) is 0 Å². The van der Waals surface area contributed by atoms with E-state index in [1.165, 1.54) is 0 Å². The highest BCUT2D eigenvalue weighted by Crippen LogP contribution is 2.09. The first kappa shape index (κ1) is 10.6. The Morgan fingerprint density at radius 3 is 2.79 bits per heavy atom. The van der Waals surface area contributed by atoms with Gasteiger partial charge in [0.05, 0.1) is 6.54 Å². The number of hydrogen-bond acceptors (Lipinski definition) is 4. The highest BCUT2D eigenvalue weighted by atomic mass is 35.5. The van der Waals surface area contributed by atoms with Crippen LogP contribution in [0.3, 0.4) is 0 Å². The molecule has 0 fully saturated rings. The minimum Gasteiger partial charge on any atom is -0.324 e. The maximum absolute atomic E-state index is 5.39. The van der Waals surface area contributed by atoms with Gasteiger partial charge in [0.15, 0.2) is 5.82 Å². The molecule has 0 saturated carbocycles. The van der Waals surface area contributed by atoms with Gasteiger partial charge < -0.3 is 5.73 Å². The van der Waals surface area contributed by atoms with Crippen molar-refractivity contribution in [1.29, 1.82) is 0 Å². The molecule has 0 radical (unpaired) electrons.